The van der Waals surface area contributed by atoms with Crippen LogP contribution in [0.2, 0.25) is 0 Å². The number of hydrogen-bond acceptors (Lipinski definition) is 4. The van der Waals surface area contributed by atoms with Crippen molar-refractivity contribution >= 4 is 18.1 Å². The monoisotopic (exact) mass is 454 g/mol. The van der Waals surface area contributed by atoms with Crippen LogP contribution in [0.15, 0.2) is 30.3 Å². The maximum Gasteiger partial charge on any atom is 0.573 e. The third kappa shape index (κ3) is 6.90. The molecule has 1 aromatic carbocycles. The van der Waals surface area contributed by atoms with E-state index in [-0.39, 0.29) is 17.7 Å². The molecule has 2 heterocycles. The summed E-state index contributed by atoms with van der Waals surface area (Å²) in [6.07, 6.45) is -0.612. The molecule has 0 bridgehead atoms. The summed E-state index contributed by atoms with van der Waals surface area (Å²) in [5.41, 5.74) is -0.0878. The van der Waals surface area contributed by atoms with Gasteiger partial charge in [-0.25, -0.2) is 4.79 Å². The summed E-state index contributed by atoms with van der Waals surface area (Å²) in [7, 11) is 0. The number of rotatable bonds is 3. The van der Waals surface area contributed by atoms with Gasteiger partial charge in [0.05, 0.1) is 0 Å². The van der Waals surface area contributed by atoms with E-state index in [0.29, 0.717) is 43.6 Å². The molecule has 2 aliphatic heterocycles. The fourth-order valence-corrected chi connectivity index (χ4v) is 4.13. The average molecular weight is 454 g/mol. The number of halogens is 3. The predicted octanol–water partition coefficient (Wildman–Crippen LogP) is 4.70. The van der Waals surface area contributed by atoms with Crippen molar-refractivity contribution in [3.05, 3.63) is 35.9 Å². The Hall–Kier alpha value is -2.71. The third-order valence-electron chi connectivity index (χ3n) is 5.59. The van der Waals surface area contributed by atoms with Gasteiger partial charge in [-0.15, -0.1) is 13.2 Å². The quantitative estimate of drug-likeness (QED) is 0.621. The van der Waals surface area contributed by atoms with Gasteiger partial charge in [0, 0.05) is 32.3 Å². The molecule has 0 spiro atoms. The number of alkyl halides is 3. The molecule has 0 saturated carbocycles. The van der Waals surface area contributed by atoms with Crippen LogP contribution in [-0.2, 0) is 9.53 Å². The number of ether oxygens (including phenoxy) is 2. The lowest BCUT2D eigenvalue weighted by molar-refractivity contribution is -0.274. The molecule has 0 radical (unpaired) electrons. The number of carbonyl (C=O) groups is 2. The Bertz CT molecular complexity index is 848. The first kappa shape index (κ1) is 23.9. The van der Waals surface area contributed by atoms with Crippen LogP contribution in [0.25, 0.3) is 6.08 Å². The van der Waals surface area contributed by atoms with E-state index in [9.17, 15) is 22.8 Å². The first-order valence-corrected chi connectivity index (χ1v) is 10.7. The highest BCUT2D eigenvalue weighted by Crippen LogP contribution is 2.32. The molecule has 2 amide bonds. The third-order valence-corrected chi connectivity index (χ3v) is 5.59. The smallest absolute Gasteiger partial charge is 0.444 e. The van der Waals surface area contributed by atoms with Crippen LogP contribution in [0, 0.1) is 11.8 Å². The van der Waals surface area contributed by atoms with E-state index in [1.165, 1.54) is 30.4 Å². The summed E-state index contributed by atoms with van der Waals surface area (Å²) in [6.45, 7) is 7.93. The molecule has 0 N–H and O–H groups in total. The van der Waals surface area contributed by atoms with Gasteiger partial charge in [0.25, 0.3) is 0 Å². The molecule has 176 valence electrons. The Balaban J connectivity index is 1.53. The minimum absolute atomic E-state index is 0.184. The van der Waals surface area contributed by atoms with Crippen molar-refractivity contribution in [1.29, 1.82) is 0 Å². The summed E-state index contributed by atoms with van der Waals surface area (Å²) in [4.78, 5) is 28.5. The van der Waals surface area contributed by atoms with E-state index in [4.69, 9.17) is 4.74 Å². The highest BCUT2D eigenvalue weighted by atomic mass is 19.4. The standard InChI is InChI=1S/C23H29F3N2O4/c1-22(2,3)32-21(30)28-14-17-9-11-27(12-10-18(17)15-28)20(29)8-7-16-5-4-6-19(13-16)31-23(24,25)26/h4-8,13,17-18H,9-12,14-15H2,1-3H3/b8-7+. The summed E-state index contributed by atoms with van der Waals surface area (Å²) in [6, 6.07) is 5.48. The lowest BCUT2D eigenvalue weighted by atomic mass is 9.92. The van der Waals surface area contributed by atoms with Gasteiger partial charge in [-0.1, -0.05) is 12.1 Å². The maximum absolute atomic E-state index is 12.6. The molecule has 2 saturated heterocycles. The van der Waals surface area contributed by atoms with E-state index >= 15 is 0 Å². The zero-order valence-corrected chi connectivity index (χ0v) is 18.5. The molecule has 0 aromatic heterocycles. The van der Waals surface area contributed by atoms with Crippen molar-refractivity contribution < 1.29 is 32.2 Å². The Morgan fingerprint density at radius 1 is 1.03 bits per heavy atom. The van der Waals surface area contributed by atoms with Gasteiger partial charge in [0.2, 0.25) is 5.91 Å². The van der Waals surface area contributed by atoms with E-state index < -0.39 is 12.0 Å². The number of carbonyl (C=O) groups excluding carboxylic acids is 2. The molecule has 2 fully saturated rings. The molecule has 9 heteroatoms. The molecule has 2 atom stereocenters. The lowest BCUT2D eigenvalue weighted by Crippen LogP contribution is -2.36. The summed E-state index contributed by atoms with van der Waals surface area (Å²) < 4.78 is 46.5. The average Bonchev–Trinajstić information content (AvgIpc) is 2.97. The minimum Gasteiger partial charge on any atom is -0.444 e. The van der Waals surface area contributed by atoms with E-state index in [2.05, 4.69) is 4.74 Å². The van der Waals surface area contributed by atoms with E-state index in [1.54, 1.807) is 15.9 Å². The van der Waals surface area contributed by atoms with Gasteiger partial charge in [-0.2, -0.15) is 0 Å². The first-order valence-electron chi connectivity index (χ1n) is 10.7. The number of amides is 2. The molecular formula is C23H29F3N2O4. The molecular weight excluding hydrogens is 425 g/mol. The van der Waals surface area contributed by atoms with Gasteiger partial charge >= 0.3 is 12.5 Å². The van der Waals surface area contributed by atoms with Crippen molar-refractivity contribution in [2.45, 2.75) is 45.6 Å². The summed E-state index contributed by atoms with van der Waals surface area (Å²) in [5, 5.41) is 0. The fourth-order valence-electron chi connectivity index (χ4n) is 4.13. The highest BCUT2D eigenvalue weighted by Gasteiger charge is 2.38. The lowest BCUT2D eigenvalue weighted by Gasteiger charge is -2.25. The second-order valence-electron chi connectivity index (χ2n) is 9.26. The van der Waals surface area contributed by atoms with E-state index in [1.807, 2.05) is 20.8 Å². The number of benzene rings is 1. The summed E-state index contributed by atoms with van der Waals surface area (Å²) in [5.74, 6) is 0.126. The normalized spacial score (nSPS) is 21.9. The Morgan fingerprint density at radius 2 is 1.66 bits per heavy atom. The van der Waals surface area contributed by atoms with Gasteiger partial charge in [0.15, 0.2) is 0 Å². The summed E-state index contributed by atoms with van der Waals surface area (Å²) >= 11 is 0. The number of hydrogen-bond donors (Lipinski definition) is 0. The molecule has 2 unspecified atom stereocenters. The first-order chi connectivity index (χ1) is 14.9. The Kier molecular flexibility index (Phi) is 7.05. The number of fused-ring (bicyclic) bond motifs is 1. The zero-order valence-electron chi connectivity index (χ0n) is 18.5. The van der Waals surface area contributed by atoms with E-state index in [0.717, 1.165) is 12.8 Å². The second-order valence-corrected chi connectivity index (χ2v) is 9.26. The molecule has 1 aromatic rings. The number of likely N-dealkylation sites (tertiary alicyclic amines) is 2. The van der Waals surface area contributed by atoms with Crippen molar-refractivity contribution in [2.24, 2.45) is 11.8 Å². The molecule has 32 heavy (non-hydrogen) atoms. The van der Waals surface area contributed by atoms with Crippen molar-refractivity contribution in [2.75, 3.05) is 26.2 Å². The van der Waals surface area contributed by atoms with Gasteiger partial charge in [-0.3, -0.25) is 4.79 Å². The zero-order chi connectivity index (χ0) is 23.5. The van der Waals surface area contributed by atoms with Gasteiger partial charge in [-0.05, 0) is 69.2 Å². The second kappa shape index (κ2) is 9.42. The Morgan fingerprint density at radius 3 is 2.22 bits per heavy atom. The number of nitrogens with zero attached hydrogens (tertiary/aromatic N) is 2. The van der Waals surface area contributed by atoms with Crippen LogP contribution in [0.3, 0.4) is 0 Å². The SMILES string of the molecule is CC(C)(C)OC(=O)N1CC2CCN(C(=O)/C=C/c3cccc(OC(F)(F)F)c3)CCC2C1. The van der Waals surface area contributed by atoms with Crippen LogP contribution < -0.4 is 4.74 Å². The van der Waals surface area contributed by atoms with Crippen LogP contribution >= 0.6 is 0 Å². The van der Waals surface area contributed by atoms with Gasteiger partial charge in [0.1, 0.15) is 11.4 Å². The molecule has 6 nitrogen and oxygen atoms in total. The largest absolute Gasteiger partial charge is 0.573 e. The van der Waals surface area contributed by atoms with Crippen LogP contribution in [-0.4, -0.2) is 59.9 Å². The van der Waals surface area contributed by atoms with Crippen LogP contribution in [0.1, 0.15) is 39.2 Å². The molecule has 3 rings (SSSR count). The van der Waals surface area contributed by atoms with Crippen LogP contribution in [0.5, 0.6) is 5.75 Å². The van der Waals surface area contributed by atoms with Crippen molar-refractivity contribution in [1.82, 2.24) is 9.80 Å². The highest BCUT2D eigenvalue weighted by molar-refractivity contribution is 5.91. The Labute approximate surface area is 186 Å². The topological polar surface area (TPSA) is 59.1 Å². The molecule has 2 aliphatic rings. The van der Waals surface area contributed by atoms with Crippen molar-refractivity contribution in [3.8, 4) is 5.75 Å². The fraction of sp³-hybridized carbons (Fsp3) is 0.565. The van der Waals surface area contributed by atoms with Crippen molar-refractivity contribution in [3.63, 3.8) is 0 Å². The van der Waals surface area contributed by atoms with Gasteiger partial charge < -0.3 is 19.3 Å². The minimum atomic E-state index is -4.76. The molecule has 0 aliphatic carbocycles. The van der Waals surface area contributed by atoms with Crippen LogP contribution in [0.4, 0.5) is 18.0 Å². The maximum atomic E-state index is 12.6. The predicted molar refractivity (Wildman–Crippen MR) is 113 cm³/mol.